The van der Waals surface area contributed by atoms with Crippen LogP contribution in [0, 0.1) is 0 Å². The molecule has 1 amide bonds. The number of carbonyl (C=O) groups excluding carboxylic acids is 1. The summed E-state index contributed by atoms with van der Waals surface area (Å²) in [7, 11) is 0. The zero-order valence-electron chi connectivity index (χ0n) is 13.4. The summed E-state index contributed by atoms with van der Waals surface area (Å²) >= 11 is 0. The van der Waals surface area contributed by atoms with Gasteiger partial charge in [0.05, 0.1) is 12.5 Å². The second kappa shape index (κ2) is 5.92. The maximum atomic E-state index is 12.7. The smallest absolute Gasteiger partial charge is 0.230 e. The number of nitrogens with one attached hydrogen (secondary N) is 1. The first kappa shape index (κ1) is 14.6. The van der Waals surface area contributed by atoms with Gasteiger partial charge in [0.15, 0.2) is 5.82 Å². The minimum atomic E-state index is 0.0591. The zero-order chi connectivity index (χ0) is 16.5. The fraction of sp³-hybridized carbons (Fsp3) is 0.294. The summed E-state index contributed by atoms with van der Waals surface area (Å²) in [5.74, 6) is 1.20. The van der Waals surface area contributed by atoms with Crippen molar-refractivity contribution in [2.45, 2.75) is 25.9 Å². The molecule has 0 aliphatic carbocycles. The highest BCUT2D eigenvalue weighted by Crippen LogP contribution is 2.25. The van der Waals surface area contributed by atoms with Crippen molar-refractivity contribution in [3.63, 3.8) is 0 Å². The fourth-order valence-corrected chi connectivity index (χ4v) is 3.16. The van der Waals surface area contributed by atoms with Crippen LogP contribution in [0.15, 0.2) is 42.9 Å². The van der Waals surface area contributed by atoms with Crippen LogP contribution in [0.3, 0.4) is 0 Å². The van der Waals surface area contributed by atoms with E-state index in [0.717, 1.165) is 12.1 Å². The maximum absolute atomic E-state index is 12.7. The third kappa shape index (κ3) is 2.58. The van der Waals surface area contributed by atoms with Gasteiger partial charge in [-0.15, -0.1) is 0 Å². The number of aromatic nitrogens is 5. The van der Waals surface area contributed by atoms with Gasteiger partial charge in [0, 0.05) is 42.9 Å². The van der Waals surface area contributed by atoms with E-state index in [1.54, 1.807) is 12.4 Å². The lowest BCUT2D eigenvalue weighted by Crippen LogP contribution is -2.41. The van der Waals surface area contributed by atoms with Gasteiger partial charge in [-0.3, -0.25) is 14.9 Å². The van der Waals surface area contributed by atoms with Crippen LogP contribution in [0.25, 0.3) is 11.4 Å². The molecule has 4 heterocycles. The van der Waals surface area contributed by atoms with E-state index in [0.29, 0.717) is 18.2 Å². The molecule has 4 rings (SSSR count). The molecule has 3 aromatic rings. The van der Waals surface area contributed by atoms with E-state index in [-0.39, 0.29) is 18.4 Å². The number of hydrogen-bond acceptors (Lipinski definition) is 4. The summed E-state index contributed by atoms with van der Waals surface area (Å²) < 4.78 is 2.20. The van der Waals surface area contributed by atoms with Gasteiger partial charge in [0.25, 0.3) is 0 Å². The number of amides is 1. The second-order valence-electron chi connectivity index (χ2n) is 5.91. The van der Waals surface area contributed by atoms with Gasteiger partial charge in [-0.1, -0.05) is 0 Å². The van der Waals surface area contributed by atoms with E-state index in [4.69, 9.17) is 0 Å². The van der Waals surface area contributed by atoms with Crippen LogP contribution >= 0.6 is 0 Å². The van der Waals surface area contributed by atoms with E-state index in [1.807, 2.05) is 23.1 Å². The van der Waals surface area contributed by atoms with Gasteiger partial charge < -0.3 is 9.47 Å². The van der Waals surface area contributed by atoms with Crippen molar-refractivity contribution in [3.8, 4) is 11.4 Å². The SMILES string of the molecule is C[C@H]1c2cccn2CCN1C(=O)Cc1nc(-c2cccnc2)n[nH]1. The minimum absolute atomic E-state index is 0.0591. The van der Waals surface area contributed by atoms with E-state index in [1.165, 1.54) is 5.69 Å². The molecule has 3 aromatic heterocycles. The second-order valence-corrected chi connectivity index (χ2v) is 5.91. The predicted molar refractivity (Wildman–Crippen MR) is 87.9 cm³/mol. The molecule has 0 spiro atoms. The lowest BCUT2D eigenvalue weighted by atomic mass is 10.1. The van der Waals surface area contributed by atoms with E-state index < -0.39 is 0 Å². The van der Waals surface area contributed by atoms with Crippen LogP contribution in [0.4, 0.5) is 0 Å². The molecule has 7 heteroatoms. The van der Waals surface area contributed by atoms with Gasteiger partial charge in [0.2, 0.25) is 5.91 Å². The van der Waals surface area contributed by atoms with Crippen molar-refractivity contribution in [3.05, 3.63) is 54.4 Å². The van der Waals surface area contributed by atoms with Gasteiger partial charge in [-0.2, -0.15) is 5.10 Å². The van der Waals surface area contributed by atoms with Gasteiger partial charge in [0.1, 0.15) is 5.82 Å². The first-order valence-electron chi connectivity index (χ1n) is 7.98. The first-order chi connectivity index (χ1) is 11.7. The number of H-pyrrole nitrogens is 1. The van der Waals surface area contributed by atoms with Gasteiger partial charge in [-0.25, -0.2) is 4.98 Å². The average Bonchev–Trinajstić information content (AvgIpc) is 3.25. The molecule has 24 heavy (non-hydrogen) atoms. The highest BCUT2D eigenvalue weighted by Gasteiger charge is 2.27. The fourth-order valence-electron chi connectivity index (χ4n) is 3.16. The highest BCUT2D eigenvalue weighted by molar-refractivity contribution is 5.78. The van der Waals surface area contributed by atoms with Crippen molar-refractivity contribution in [1.82, 2.24) is 29.6 Å². The van der Waals surface area contributed by atoms with Crippen molar-refractivity contribution in [2.75, 3.05) is 6.54 Å². The van der Waals surface area contributed by atoms with Crippen LogP contribution in [0.2, 0.25) is 0 Å². The number of rotatable bonds is 3. The minimum Gasteiger partial charge on any atom is -0.348 e. The summed E-state index contributed by atoms with van der Waals surface area (Å²) in [5.41, 5.74) is 2.00. The molecule has 0 bridgehead atoms. The molecular formula is C17H18N6O. The number of hydrogen-bond donors (Lipinski definition) is 1. The van der Waals surface area contributed by atoms with E-state index >= 15 is 0 Å². The molecule has 122 valence electrons. The Balaban J connectivity index is 1.48. The van der Waals surface area contributed by atoms with Crippen LogP contribution in [-0.2, 0) is 17.8 Å². The molecule has 0 saturated heterocycles. The van der Waals surface area contributed by atoms with Gasteiger partial charge >= 0.3 is 0 Å². The van der Waals surface area contributed by atoms with Gasteiger partial charge in [-0.05, 0) is 31.2 Å². The Morgan fingerprint density at radius 2 is 2.25 bits per heavy atom. The van der Waals surface area contributed by atoms with Crippen LogP contribution < -0.4 is 0 Å². The lowest BCUT2D eigenvalue weighted by molar-refractivity contribution is -0.133. The summed E-state index contributed by atoms with van der Waals surface area (Å²) in [4.78, 5) is 23.1. The van der Waals surface area contributed by atoms with Crippen molar-refractivity contribution >= 4 is 5.91 Å². The molecule has 0 aromatic carbocycles. The Labute approximate surface area is 139 Å². The standard InChI is InChI=1S/C17H18N6O/c1-12-14-5-3-7-22(14)8-9-23(12)16(24)10-15-19-17(21-20-15)13-4-2-6-18-11-13/h2-7,11-12H,8-10H2,1H3,(H,19,20,21)/t12-/m0/s1. The Morgan fingerprint density at radius 3 is 3.08 bits per heavy atom. The van der Waals surface area contributed by atoms with E-state index in [2.05, 4.69) is 43.9 Å². The third-order valence-corrected chi connectivity index (χ3v) is 4.43. The Morgan fingerprint density at radius 1 is 1.33 bits per heavy atom. The number of aromatic amines is 1. The van der Waals surface area contributed by atoms with Crippen molar-refractivity contribution < 1.29 is 4.79 Å². The molecule has 1 N–H and O–H groups in total. The monoisotopic (exact) mass is 322 g/mol. The van der Waals surface area contributed by atoms with Crippen LogP contribution in [0.1, 0.15) is 24.5 Å². The maximum Gasteiger partial charge on any atom is 0.230 e. The molecule has 0 saturated carbocycles. The summed E-state index contributed by atoms with van der Waals surface area (Å²) in [6.07, 6.45) is 5.69. The Kier molecular flexibility index (Phi) is 3.60. The molecular weight excluding hydrogens is 304 g/mol. The first-order valence-corrected chi connectivity index (χ1v) is 7.98. The molecule has 1 aliphatic rings. The number of fused-ring (bicyclic) bond motifs is 1. The predicted octanol–water partition coefficient (Wildman–Crippen LogP) is 1.81. The largest absolute Gasteiger partial charge is 0.348 e. The highest BCUT2D eigenvalue weighted by atomic mass is 16.2. The number of carbonyl (C=O) groups is 1. The topological polar surface area (TPSA) is 79.7 Å². The molecule has 0 fully saturated rings. The van der Waals surface area contributed by atoms with E-state index in [9.17, 15) is 4.79 Å². The molecule has 1 atom stereocenters. The Bertz CT molecular complexity index is 853. The number of nitrogens with zero attached hydrogens (tertiary/aromatic N) is 5. The molecule has 0 radical (unpaired) electrons. The normalized spacial score (nSPS) is 16.9. The summed E-state index contributed by atoms with van der Waals surface area (Å²) in [5, 5.41) is 7.04. The Hall–Kier alpha value is -2.96. The molecule has 7 nitrogen and oxygen atoms in total. The van der Waals surface area contributed by atoms with Crippen molar-refractivity contribution in [2.24, 2.45) is 0 Å². The van der Waals surface area contributed by atoms with Crippen molar-refractivity contribution in [1.29, 1.82) is 0 Å². The van der Waals surface area contributed by atoms with Crippen LogP contribution in [0.5, 0.6) is 0 Å². The van der Waals surface area contributed by atoms with Crippen LogP contribution in [-0.4, -0.2) is 42.1 Å². The summed E-state index contributed by atoms with van der Waals surface area (Å²) in [6, 6.07) is 7.89. The quantitative estimate of drug-likeness (QED) is 0.797. The third-order valence-electron chi connectivity index (χ3n) is 4.43. The average molecular weight is 322 g/mol. The molecule has 0 unspecified atom stereocenters. The lowest BCUT2D eigenvalue weighted by Gasteiger charge is -2.34. The molecule has 1 aliphatic heterocycles. The number of pyridine rings is 1. The summed E-state index contributed by atoms with van der Waals surface area (Å²) in [6.45, 7) is 3.60. The zero-order valence-corrected chi connectivity index (χ0v) is 13.4.